The van der Waals surface area contributed by atoms with Crippen molar-refractivity contribution in [3.8, 4) is 0 Å². The summed E-state index contributed by atoms with van der Waals surface area (Å²) in [5.41, 5.74) is 4.09. The van der Waals surface area contributed by atoms with Crippen molar-refractivity contribution < 1.29 is 5.11 Å². The Hall–Kier alpha value is -0.510. The van der Waals surface area contributed by atoms with Gasteiger partial charge in [-0.2, -0.15) is 0 Å². The van der Waals surface area contributed by atoms with Gasteiger partial charge in [-0.15, -0.1) is 0 Å². The molecule has 4 atom stereocenters. The van der Waals surface area contributed by atoms with E-state index in [0.717, 1.165) is 0 Å². The maximum absolute atomic E-state index is 9.74. The molecule has 0 aromatic rings. The molecule has 0 aliphatic heterocycles. The zero-order valence-corrected chi connectivity index (χ0v) is 14.1. The molecular formula is C17H23IO. The van der Waals surface area contributed by atoms with Crippen LogP contribution in [0.15, 0.2) is 47.3 Å². The number of aliphatic hydroxyl groups is 1. The third-order valence-electron chi connectivity index (χ3n) is 4.41. The van der Waals surface area contributed by atoms with Gasteiger partial charge in [0, 0.05) is 9.84 Å². The fraction of sp³-hybridized carbons (Fsp3) is 0.529. The fourth-order valence-electron chi connectivity index (χ4n) is 3.44. The molecule has 0 bridgehead atoms. The van der Waals surface area contributed by atoms with E-state index >= 15 is 0 Å². The van der Waals surface area contributed by atoms with Crippen molar-refractivity contribution in [1.29, 1.82) is 0 Å². The average molecular weight is 370 g/mol. The maximum Gasteiger partial charge on any atom is 0.112 e. The quantitative estimate of drug-likeness (QED) is 0.394. The number of hydrogen-bond donors (Lipinski definition) is 1. The number of allylic oxidation sites excluding steroid dienone is 6. The lowest BCUT2D eigenvalue weighted by Crippen LogP contribution is -2.32. The van der Waals surface area contributed by atoms with Crippen molar-refractivity contribution in [2.24, 2.45) is 17.8 Å². The molecule has 1 N–H and O–H groups in total. The Kier molecular flexibility index (Phi) is 4.59. The van der Waals surface area contributed by atoms with Gasteiger partial charge in [0.15, 0.2) is 0 Å². The third-order valence-corrected chi connectivity index (χ3v) is 5.55. The lowest BCUT2D eigenvalue weighted by molar-refractivity contribution is 0.314. The molecule has 104 valence electrons. The van der Waals surface area contributed by atoms with E-state index in [1.165, 1.54) is 29.6 Å². The van der Waals surface area contributed by atoms with E-state index in [2.05, 4.69) is 56.0 Å². The minimum absolute atomic E-state index is 0.358. The maximum atomic E-state index is 9.74. The number of hydrogen-bond acceptors (Lipinski definition) is 1. The van der Waals surface area contributed by atoms with E-state index in [1.54, 1.807) is 0 Å². The van der Waals surface area contributed by atoms with Crippen LogP contribution in [0, 0.1) is 17.8 Å². The van der Waals surface area contributed by atoms with Crippen LogP contribution in [0.2, 0.25) is 0 Å². The molecule has 0 radical (unpaired) electrons. The molecule has 0 spiro atoms. The Labute approximate surface area is 130 Å². The highest BCUT2D eigenvalue weighted by atomic mass is 127. The lowest BCUT2D eigenvalue weighted by Gasteiger charge is -2.39. The highest BCUT2D eigenvalue weighted by Crippen LogP contribution is 2.44. The van der Waals surface area contributed by atoms with E-state index in [0.29, 0.717) is 27.4 Å². The molecule has 0 aromatic carbocycles. The van der Waals surface area contributed by atoms with Gasteiger partial charge in [-0.3, -0.25) is 0 Å². The molecule has 0 saturated heterocycles. The van der Waals surface area contributed by atoms with Gasteiger partial charge in [0.1, 0.15) is 5.76 Å². The molecule has 1 nitrogen and oxygen atoms in total. The summed E-state index contributed by atoms with van der Waals surface area (Å²) in [5.74, 6) is 1.99. The molecule has 2 heteroatoms. The monoisotopic (exact) mass is 370 g/mol. The van der Waals surface area contributed by atoms with Gasteiger partial charge in [0.25, 0.3) is 0 Å². The van der Waals surface area contributed by atoms with Crippen molar-refractivity contribution in [3.63, 3.8) is 0 Å². The smallest absolute Gasteiger partial charge is 0.112 e. The van der Waals surface area contributed by atoms with Gasteiger partial charge in [0.2, 0.25) is 0 Å². The second kappa shape index (κ2) is 5.86. The van der Waals surface area contributed by atoms with E-state index in [4.69, 9.17) is 0 Å². The number of halogens is 1. The van der Waals surface area contributed by atoms with Gasteiger partial charge in [-0.05, 0) is 57.6 Å². The second-order valence-electron chi connectivity index (χ2n) is 6.03. The first-order valence-corrected chi connectivity index (χ1v) is 8.20. The zero-order valence-electron chi connectivity index (χ0n) is 12.0. The Morgan fingerprint density at radius 1 is 1.37 bits per heavy atom. The van der Waals surface area contributed by atoms with E-state index < -0.39 is 0 Å². The van der Waals surface area contributed by atoms with Crippen molar-refractivity contribution in [1.82, 2.24) is 0 Å². The standard InChI is InChI=1S/C17H23IO/c1-10(2)14-6-5-11(3)7-15(14)17-12(4)8-13(19)9-16(17)18/h7-9,14-17,19H,1,5-6H2,2-4H3/t14-,15+,16?,17?/m0/s1. The summed E-state index contributed by atoms with van der Waals surface area (Å²) in [7, 11) is 0. The zero-order chi connectivity index (χ0) is 14.2. The topological polar surface area (TPSA) is 20.2 Å². The molecule has 0 aromatic heterocycles. The Bertz CT molecular complexity index is 470. The van der Waals surface area contributed by atoms with Crippen LogP contribution in [0.4, 0.5) is 0 Å². The summed E-state index contributed by atoms with van der Waals surface area (Å²) in [6, 6.07) is 0. The van der Waals surface area contributed by atoms with Crippen LogP contribution in [-0.2, 0) is 0 Å². The number of alkyl halides is 1. The summed E-state index contributed by atoms with van der Waals surface area (Å²) in [6.07, 6.45) is 8.76. The van der Waals surface area contributed by atoms with Crippen molar-refractivity contribution in [2.75, 3.05) is 0 Å². The first-order valence-electron chi connectivity index (χ1n) is 6.96. The molecule has 2 aliphatic carbocycles. The first-order chi connectivity index (χ1) is 8.90. The Morgan fingerprint density at radius 2 is 2.05 bits per heavy atom. The van der Waals surface area contributed by atoms with Gasteiger partial charge in [-0.1, -0.05) is 52.0 Å². The van der Waals surface area contributed by atoms with Crippen LogP contribution in [0.25, 0.3) is 0 Å². The van der Waals surface area contributed by atoms with Crippen molar-refractivity contribution in [2.45, 2.75) is 37.5 Å². The molecule has 19 heavy (non-hydrogen) atoms. The van der Waals surface area contributed by atoms with E-state index in [1.807, 2.05) is 12.2 Å². The molecule has 0 amide bonds. The fourth-order valence-corrected chi connectivity index (χ4v) is 4.86. The highest BCUT2D eigenvalue weighted by molar-refractivity contribution is 14.1. The molecule has 2 rings (SSSR count). The highest BCUT2D eigenvalue weighted by Gasteiger charge is 2.36. The van der Waals surface area contributed by atoms with Crippen molar-refractivity contribution in [3.05, 3.63) is 47.3 Å². The van der Waals surface area contributed by atoms with Crippen LogP contribution >= 0.6 is 22.6 Å². The van der Waals surface area contributed by atoms with Crippen molar-refractivity contribution >= 4 is 22.6 Å². The predicted molar refractivity (Wildman–Crippen MR) is 90.6 cm³/mol. The van der Waals surface area contributed by atoms with Gasteiger partial charge in [-0.25, -0.2) is 0 Å². The SMILES string of the molecule is C=C(C)[C@@H]1CCC(C)=C[C@H]1C1C(C)=CC(O)=CC1I. The first kappa shape index (κ1) is 14.9. The van der Waals surface area contributed by atoms with Crippen LogP contribution < -0.4 is 0 Å². The number of aliphatic hydroxyl groups excluding tert-OH is 1. The normalized spacial score (nSPS) is 35.3. The minimum atomic E-state index is 0.358. The number of rotatable bonds is 2. The lowest BCUT2D eigenvalue weighted by atomic mass is 9.68. The second-order valence-corrected chi connectivity index (χ2v) is 7.47. The van der Waals surface area contributed by atoms with Crippen LogP contribution in [0.5, 0.6) is 0 Å². The van der Waals surface area contributed by atoms with Gasteiger partial charge >= 0.3 is 0 Å². The molecule has 2 aliphatic rings. The van der Waals surface area contributed by atoms with E-state index in [9.17, 15) is 5.11 Å². The summed E-state index contributed by atoms with van der Waals surface area (Å²) >= 11 is 2.46. The van der Waals surface area contributed by atoms with Crippen LogP contribution in [0.1, 0.15) is 33.6 Å². The average Bonchev–Trinajstić information content (AvgIpc) is 2.27. The summed E-state index contributed by atoms with van der Waals surface area (Å²) in [4.78, 5) is 0. The van der Waals surface area contributed by atoms with Crippen LogP contribution in [0.3, 0.4) is 0 Å². The molecular weight excluding hydrogens is 347 g/mol. The molecule has 0 heterocycles. The Morgan fingerprint density at radius 3 is 2.63 bits per heavy atom. The summed E-state index contributed by atoms with van der Waals surface area (Å²) < 4.78 is 0.358. The molecule has 0 fully saturated rings. The third kappa shape index (κ3) is 3.15. The molecule has 0 saturated carbocycles. The largest absolute Gasteiger partial charge is 0.508 e. The van der Waals surface area contributed by atoms with Crippen LogP contribution in [-0.4, -0.2) is 9.03 Å². The summed E-state index contributed by atoms with van der Waals surface area (Å²) in [5, 5.41) is 9.74. The Balaban J connectivity index is 2.35. The minimum Gasteiger partial charge on any atom is -0.508 e. The van der Waals surface area contributed by atoms with Gasteiger partial charge < -0.3 is 5.11 Å². The van der Waals surface area contributed by atoms with Gasteiger partial charge in [0.05, 0.1) is 0 Å². The molecule has 2 unspecified atom stereocenters. The van der Waals surface area contributed by atoms with E-state index in [-0.39, 0.29) is 0 Å². The predicted octanol–water partition coefficient (Wildman–Crippen LogP) is 5.36. The summed E-state index contributed by atoms with van der Waals surface area (Å²) in [6.45, 7) is 10.7.